The van der Waals surface area contributed by atoms with Crippen molar-refractivity contribution in [1.82, 2.24) is 14.4 Å². The first kappa shape index (κ1) is 9.92. The summed E-state index contributed by atoms with van der Waals surface area (Å²) >= 11 is 5.74. The molecule has 2 rings (SSSR count). The van der Waals surface area contributed by atoms with E-state index in [0.717, 1.165) is 0 Å². The van der Waals surface area contributed by atoms with Crippen LogP contribution in [0.5, 0.6) is 0 Å². The molecule has 0 spiro atoms. The third kappa shape index (κ3) is 1.92. The Balaban J connectivity index is 2.42. The average molecular weight is 226 g/mol. The van der Waals surface area contributed by atoms with Crippen molar-refractivity contribution in [2.24, 2.45) is 0 Å². The average Bonchev–Trinajstić information content (AvgIpc) is 2.60. The van der Waals surface area contributed by atoms with Gasteiger partial charge in [-0.05, 0) is 6.92 Å². The van der Waals surface area contributed by atoms with Crippen molar-refractivity contribution >= 4 is 23.3 Å². The molecule has 0 saturated carbocycles. The molecule has 2 aromatic heterocycles. The minimum Gasteiger partial charge on any atom is -0.461 e. The number of fused-ring (bicyclic) bond motifs is 1. The van der Waals surface area contributed by atoms with Gasteiger partial charge in [0.25, 0.3) is 0 Å². The molecule has 0 aliphatic heterocycles. The fourth-order valence-corrected chi connectivity index (χ4v) is 1.32. The van der Waals surface area contributed by atoms with E-state index in [1.807, 2.05) is 0 Å². The molecule has 0 aliphatic rings. The number of rotatable bonds is 2. The standard InChI is InChI=1S/C9H8ClN3O2/c1-2-15-8(14)7-5-13-4-6(10)3-11-9(13)12-7/h3-5H,2H2,1H3. The maximum absolute atomic E-state index is 11.3. The Labute approximate surface area is 90.7 Å². The van der Waals surface area contributed by atoms with E-state index in [1.54, 1.807) is 17.5 Å². The summed E-state index contributed by atoms with van der Waals surface area (Å²) in [6.45, 7) is 2.06. The topological polar surface area (TPSA) is 56.5 Å². The van der Waals surface area contributed by atoms with Gasteiger partial charge in [0.2, 0.25) is 5.78 Å². The highest BCUT2D eigenvalue weighted by Crippen LogP contribution is 2.09. The molecule has 78 valence electrons. The van der Waals surface area contributed by atoms with Crippen LogP contribution in [0.4, 0.5) is 0 Å². The Morgan fingerprint density at radius 1 is 1.60 bits per heavy atom. The van der Waals surface area contributed by atoms with Gasteiger partial charge in [0, 0.05) is 12.4 Å². The second-order valence-electron chi connectivity index (χ2n) is 2.83. The second kappa shape index (κ2) is 3.86. The molecule has 0 aliphatic carbocycles. The van der Waals surface area contributed by atoms with Gasteiger partial charge < -0.3 is 4.74 Å². The van der Waals surface area contributed by atoms with Gasteiger partial charge in [-0.15, -0.1) is 0 Å². The number of hydrogen-bond donors (Lipinski definition) is 0. The summed E-state index contributed by atoms with van der Waals surface area (Å²) in [5.74, 6) is -0.0402. The van der Waals surface area contributed by atoms with Crippen molar-refractivity contribution in [2.45, 2.75) is 6.92 Å². The van der Waals surface area contributed by atoms with Crippen molar-refractivity contribution in [2.75, 3.05) is 6.61 Å². The van der Waals surface area contributed by atoms with Gasteiger partial charge in [-0.25, -0.2) is 14.8 Å². The molecule has 0 fully saturated rings. The summed E-state index contributed by atoms with van der Waals surface area (Å²) in [5, 5.41) is 0.482. The number of nitrogens with zero attached hydrogens (tertiary/aromatic N) is 3. The molecule has 0 radical (unpaired) electrons. The van der Waals surface area contributed by atoms with Crippen LogP contribution in [-0.2, 0) is 4.74 Å². The normalized spacial score (nSPS) is 10.5. The molecule has 0 atom stereocenters. The largest absolute Gasteiger partial charge is 0.461 e. The highest BCUT2D eigenvalue weighted by molar-refractivity contribution is 6.30. The van der Waals surface area contributed by atoms with Crippen molar-refractivity contribution in [3.05, 3.63) is 29.3 Å². The van der Waals surface area contributed by atoms with Gasteiger partial charge >= 0.3 is 5.97 Å². The third-order valence-corrected chi connectivity index (χ3v) is 1.96. The fraction of sp³-hybridized carbons (Fsp3) is 0.222. The molecular weight excluding hydrogens is 218 g/mol. The van der Waals surface area contributed by atoms with Crippen LogP contribution in [-0.4, -0.2) is 26.9 Å². The predicted molar refractivity (Wildman–Crippen MR) is 54.0 cm³/mol. The van der Waals surface area contributed by atoms with Gasteiger partial charge in [0.05, 0.1) is 17.8 Å². The molecule has 0 unspecified atom stereocenters. The number of carbonyl (C=O) groups is 1. The smallest absolute Gasteiger partial charge is 0.358 e. The van der Waals surface area contributed by atoms with E-state index in [9.17, 15) is 4.79 Å². The Hall–Kier alpha value is -1.62. The van der Waals surface area contributed by atoms with Gasteiger partial charge in [0.1, 0.15) is 0 Å². The lowest BCUT2D eigenvalue weighted by molar-refractivity contribution is 0.0520. The second-order valence-corrected chi connectivity index (χ2v) is 3.26. The van der Waals surface area contributed by atoms with Crippen LogP contribution < -0.4 is 0 Å². The highest BCUT2D eigenvalue weighted by atomic mass is 35.5. The fourth-order valence-electron chi connectivity index (χ4n) is 1.16. The molecular formula is C9H8ClN3O2. The van der Waals surface area contributed by atoms with Crippen LogP contribution in [0.25, 0.3) is 5.78 Å². The number of hydrogen-bond acceptors (Lipinski definition) is 4. The summed E-state index contributed by atoms with van der Waals surface area (Å²) in [7, 11) is 0. The molecule has 0 amide bonds. The first-order valence-electron chi connectivity index (χ1n) is 4.38. The van der Waals surface area contributed by atoms with E-state index in [4.69, 9.17) is 16.3 Å². The molecule has 6 heteroatoms. The number of aromatic nitrogens is 3. The monoisotopic (exact) mass is 225 g/mol. The minimum atomic E-state index is -0.459. The zero-order valence-electron chi connectivity index (χ0n) is 7.98. The van der Waals surface area contributed by atoms with Crippen LogP contribution in [0.2, 0.25) is 5.02 Å². The molecule has 5 nitrogen and oxygen atoms in total. The maximum Gasteiger partial charge on any atom is 0.358 e. The number of imidazole rings is 1. The maximum atomic E-state index is 11.3. The van der Waals surface area contributed by atoms with Gasteiger partial charge in [-0.2, -0.15) is 0 Å². The first-order chi connectivity index (χ1) is 7.20. The van der Waals surface area contributed by atoms with Crippen LogP contribution >= 0.6 is 11.6 Å². The van der Waals surface area contributed by atoms with Crippen molar-refractivity contribution < 1.29 is 9.53 Å². The number of esters is 1. The quantitative estimate of drug-likeness (QED) is 0.728. The first-order valence-corrected chi connectivity index (χ1v) is 4.76. The number of carbonyl (C=O) groups excluding carboxylic acids is 1. The third-order valence-electron chi connectivity index (χ3n) is 1.76. The molecule has 2 aromatic rings. The van der Waals surface area contributed by atoms with Gasteiger partial charge in [-0.1, -0.05) is 11.6 Å². The van der Waals surface area contributed by atoms with Crippen molar-refractivity contribution in [1.29, 1.82) is 0 Å². The number of halogens is 1. The lowest BCUT2D eigenvalue weighted by Gasteiger charge is -1.94. The molecule has 0 aromatic carbocycles. The lowest BCUT2D eigenvalue weighted by Crippen LogP contribution is -2.04. The molecule has 0 N–H and O–H groups in total. The summed E-state index contributed by atoms with van der Waals surface area (Å²) in [5.41, 5.74) is 0.228. The van der Waals surface area contributed by atoms with Gasteiger partial charge in [0.15, 0.2) is 5.69 Å². The van der Waals surface area contributed by atoms with Gasteiger partial charge in [-0.3, -0.25) is 4.40 Å². The van der Waals surface area contributed by atoms with E-state index in [-0.39, 0.29) is 5.69 Å². The summed E-state index contributed by atoms with van der Waals surface area (Å²) < 4.78 is 6.39. The SMILES string of the molecule is CCOC(=O)c1cn2cc(Cl)cnc2n1. The Kier molecular flexibility index (Phi) is 2.55. The molecule has 2 heterocycles. The zero-order valence-corrected chi connectivity index (χ0v) is 8.73. The van der Waals surface area contributed by atoms with E-state index < -0.39 is 5.97 Å². The number of ether oxygens (including phenoxy) is 1. The van der Waals surface area contributed by atoms with E-state index in [1.165, 1.54) is 12.4 Å². The highest BCUT2D eigenvalue weighted by Gasteiger charge is 2.11. The van der Waals surface area contributed by atoms with Crippen LogP contribution in [0, 0.1) is 0 Å². The van der Waals surface area contributed by atoms with Crippen LogP contribution in [0.15, 0.2) is 18.6 Å². The zero-order chi connectivity index (χ0) is 10.8. The van der Waals surface area contributed by atoms with E-state index in [2.05, 4.69) is 9.97 Å². The Bertz CT molecular complexity index is 509. The van der Waals surface area contributed by atoms with E-state index in [0.29, 0.717) is 17.4 Å². The summed E-state index contributed by atoms with van der Waals surface area (Å²) in [6.07, 6.45) is 4.63. The summed E-state index contributed by atoms with van der Waals surface area (Å²) in [6, 6.07) is 0. The molecule has 0 saturated heterocycles. The predicted octanol–water partition coefficient (Wildman–Crippen LogP) is 1.56. The van der Waals surface area contributed by atoms with Crippen molar-refractivity contribution in [3.8, 4) is 0 Å². The summed E-state index contributed by atoms with van der Waals surface area (Å²) in [4.78, 5) is 19.3. The molecule has 15 heavy (non-hydrogen) atoms. The Morgan fingerprint density at radius 3 is 3.13 bits per heavy atom. The minimum absolute atomic E-state index is 0.228. The van der Waals surface area contributed by atoms with E-state index >= 15 is 0 Å². The van der Waals surface area contributed by atoms with Crippen molar-refractivity contribution in [3.63, 3.8) is 0 Å². The Morgan fingerprint density at radius 2 is 2.40 bits per heavy atom. The van der Waals surface area contributed by atoms with Crippen LogP contribution in [0.1, 0.15) is 17.4 Å². The lowest BCUT2D eigenvalue weighted by atomic mass is 10.5. The molecule has 0 bridgehead atoms. The van der Waals surface area contributed by atoms with Crippen LogP contribution in [0.3, 0.4) is 0 Å².